The average Bonchev–Trinajstić information content (AvgIpc) is 2.26. The fourth-order valence-corrected chi connectivity index (χ4v) is 2.70. The molecule has 1 heterocycles. The zero-order valence-corrected chi connectivity index (χ0v) is 11.0. The van der Waals surface area contributed by atoms with Crippen molar-refractivity contribution in [1.29, 1.82) is 0 Å². The predicted molar refractivity (Wildman–Crippen MR) is 69.2 cm³/mol. The SMILES string of the molecule is C=C(C)COCCNC1CCOC2(CCC2)C1. The van der Waals surface area contributed by atoms with Crippen molar-refractivity contribution in [2.45, 2.75) is 50.7 Å². The van der Waals surface area contributed by atoms with Gasteiger partial charge in [-0.25, -0.2) is 0 Å². The minimum atomic E-state index is 0.245. The Bertz CT molecular complexity index is 261. The van der Waals surface area contributed by atoms with E-state index in [-0.39, 0.29) is 5.60 Å². The molecule has 0 aromatic heterocycles. The monoisotopic (exact) mass is 239 g/mol. The lowest BCUT2D eigenvalue weighted by Crippen LogP contribution is -2.51. The maximum absolute atomic E-state index is 5.91. The second-order valence-electron chi connectivity index (χ2n) is 5.54. The molecule has 0 aromatic rings. The predicted octanol–water partition coefficient (Wildman–Crippen LogP) is 2.27. The third-order valence-electron chi connectivity index (χ3n) is 3.79. The fraction of sp³-hybridized carbons (Fsp3) is 0.857. The van der Waals surface area contributed by atoms with Crippen molar-refractivity contribution in [3.05, 3.63) is 12.2 Å². The molecule has 0 bridgehead atoms. The van der Waals surface area contributed by atoms with Crippen molar-refractivity contribution in [3.63, 3.8) is 0 Å². The second kappa shape index (κ2) is 5.98. The van der Waals surface area contributed by atoms with Crippen LogP contribution in [0.2, 0.25) is 0 Å². The van der Waals surface area contributed by atoms with Gasteiger partial charge >= 0.3 is 0 Å². The molecule has 1 aliphatic heterocycles. The van der Waals surface area contributed by atoms with Crippen LogP contribution in [0, 0.1) is 0 Å². The van der Waals surface area contributed by atoms with Gasteiger partial charge in [0.25, 0.3) is 0 Å². The highest BCUT2D eigenvalue weighted by atomic mass is 16.5. The van der Waals surface area contributed by atoms with Crippen LogP contribution in [0.15, 0.2) is 12.2 Å². The smallest absolute Gasteiger partial charge is 0.0697 e. The van der Waals surface area contributed by atoms with E-state index in [1.54, 1.807) is 0 Å². The van der Waals surface area contributed by atoms with Gasteiger partial charge < -0.3 is 14.8 Å². The van der Waals surface area contributed by atoms with Crippen molar-refractivity contribution in [3.8, 4) is 0 Å². The Morgan fingerprint density at radius 1 is 1.53 bits per heavy atom. The molecule has 1 atom stereocenters. The van der Waals surface area contributed by atoms with E-state index >= 15 is 0 Å². The van der Waals surface area contributed by atoms with Gasteiger partial charge in [0.2, 0.25) is 0 Å². The Morgan fingerprint density at radius 3 is 3.00 bits per heavy atom. The average molecular weight is 239 g/mol. The Kier molecular flexibility index (Phi) is 4.60. The zero-order valence-electron chi connectivity index (χ0n) is 11.0. The third-order valence-corrected chi connectivity index (χ3v) is 3.79. The summed E-state index contributed by atoms with van der Waals surface area (Å²) < 4.78 is 11.4. The summed E-state index contributed by atoms with van der Waals surface area (Å²) >= 11 is 0. The topological polar surface area (TPSA) is 30.5 Å². The Morgan fingerprint density at radius 2 is 2.35 bits per heavy atom. The Labute approximate surface area is 105 Å². The van der Waals surface area contributed by atoms with Gasteiger partial charge in [-0.1, -0.05) is 12.2 Å². The first-order valence-electron chi connectivity index (χ1n) is 6.80. The first-order chi connectivity index (χ1) is 8.20. The summed E-state index contributed by atoms with van der Waals surface area (Å²) in [5.41, 5.74) is 1.33. The van der Waals surface area contributed by atoms with Gasteiger partial charge in [-0.2, -0.15) is 0 Å². The van der Waals surface area contributed by atoms with Gasteiger partial charge in [-0.3, -0.25) is 0 Å². The largest absolute Gasteiger partial charge is 0.376 e. The molecular formula is C14H25NO2. The van der Waals surface area contributed by atoms with E-state index in [0.717, 1.165) is 31.8 Å². The summed E-state index contributed by atoms with van der Waals surface area (Å²) in [5, 5.41) is 3.58. The van der Waals surface area contributed by atoms with Crippen molar-refractivity contribution in [2.75, 3.05) is 26.4 Å². The Balaban J connectivity index is 1.57. The molecule has 0 radical (unpaired) electrons. The molecule has 1 saturated heterocycles. The van der Waals surface area contributed by atoms with Gasteiger partial charge in [0, 0.05) is 19.2 Å². The summed E-state index contributed by atoms with van der Waals surface area (Å²) in [7, 11) is 0. The van der Waals surface area contributed by atoms with E-state index in [2.05, 4.69) is 11.9 Å². The highest BCUT2D eigenvalue weighted by Gasteiger charge is 2.42. The van der Waals surface area contributed by atoms with Gasteiger partial charge in [0.15, 0.2) is 0 Å². The van der Waals surface area contributed by atoms with Crippen molar-refractivity contribution < 1.29 is 9.47 Å². The Hall–Kier alpha value is -0.380. The molecule has 2 fully saturated rings. The van der Waals surface area contributed by atoms with Gasteiger partial charge in [-0.15, -0.1) is 0 Å². The third kappa shape index (κ3) is 3.80. The molecule has 98 valence electrons. The molecule has 3 nitrogen and oxygen atoms in total. The summed E-state index contributed by atoms with van der Waals surface area (Å²) in [6, 6.07) is 0.623. The van der Waals surface area contributed by atoms with Gasteiger partial charge in [-0.05, 0) is 39.0 Å². The van der Waals surface area contributed by atoms with Crippen LogP contribution in [0.25, 0.3) is 0 Å². The van der Waals surface area contributed by atoms with E-state index in [1.165, 1.54) is 25.7 Å². The number of ether oxygens (including phenoxy) is 2. The lowest BCUT2D eigenvalue weighted by molar-refractivity contribution is -0.135. The molecule has 2 aliphatic rings. The molecule has 2 rings (SSSR count). The number of hydrogen-bond donors (Lipinski definition) is 1. The maximum Gasteiger partial charge on any atom is 0.0697 e. The van der Waals surface area contributed by atoms with Crippen molar-refractivity contribution in [2.24, 2.45) is 0 Å². The van der Waals surface area contributed by atoms with Crippen LogP contribution >= 0.6 is 0 Å². The van der Waals surface area contributed by atoms with Crippen LogP contribution in [-0.4, -0.2) is 38.0 Å². The van der Waals surface area contributed by atoms with Crippen LogP contribution in [0.4, 0.5) is 0 Å². The van der Waals surface area contributed by atoms with Crippen LogP contribution in [-0.2, 0) is 9.47 Å². The van der Waals surface area contributed by atoms with Gasteiger partial charge in [0.05, 0.1) is 18.8 Å². The molecule has 1 saturated carbocycles. The molecule has 1 N–H and O–H groups in total. The highest BCUT2D eigenvalue weighted by molar-refractivity contribution is 4.96. The number of nitrogens with one attached hydrogen (secondary N) is 1. The molecule has 1 unspecified atom stereocenters. The van der Waals surface area contributed by atoms with E-state index in [1.807, 2.05) is 6.92 Å². The van der Waals surface area contributed by atoms with E-state index in [9.17, 15) is 0 Å². The summed E-state index contributed by atoms with van der Waals surface area (Å²) in [5.74, 6) is 0. The van der Waals surface area contributed by atoms with Gasteiger partial charge in [0.1, 0.15) is 0 Å². The molecule has 1 spiro atoms. The zero-order chi connectivity index (χ0) is 12.1. The summed E-state index contributed by atoms with van der Waals surface area (Å²) in [6.07, 6.45) is 6.19. The molecule has 1 aliphatic carbocycles. The lowest BCUT2D eigenvalue weighted by atomic mass is 9.74. The van der Waals surface area contributed by atoms with Crippen molar-refractivity contribution in [1.82, 2.24) is 5.32 Å². The van der Waals surface area contributed by atoms with Crippen LogP contribution in [0.5, 0.6) is 0 Å². The standard InChI is InChI=1S/C14H25NO2/c1-12(2)11-16-9-7-15-13-4-8-17-14(10-13)5-3-6-14/h13,15H,1,3-11H2,2H3. The maximum atomic E-state index is 5.91. The first kappa shape index (κ1) is 13.1. The van der Waals surface area contributed by atoms with Crippen LogP contribution in [0.1, 0.15) is 39.0 Å². The first-order valence-corrected chi connectivity index (χ1v) is 6.80. The minimum absolute atomic E-state index is 0.245. The molecular weight excluding hydrogens is 214 g/mol. The quantitative estimate of drug-likeness (QED) is 0.570. The highest BCUT2D eigenvalue weighted by Crippen LogP contribution is 2.42. The molecule has 17 heavy (non-hydrogen) atoms. The molecule has 0 aromatic carbocycles. The van der Waals surface area contributed by atoms with E-state index in [0.29, 0.717) is 12.6 Å². The normalized spacial score (nSPS) is 26.8. The van der Waals surface area contributed by atoms with Crippen LogP contribution in [0.3, 0.4) is 0 Å². The second-order valence-corrected chi connectivity index (χ2v) is 5.54. The van der Waals surface area contributed by atoms with Crippen LogP contribution < -0.4 is 5.32 Å². The molecule has 0 amide bonds. The fourth-order valence-electron chi connectivity index (χ4n) is 2.70. The summed E-state index contributed by atoms with van der Waals surface area (Å²) in [4.78, 5) is 0. The lowest BCUT2D eigenvalue weighted by Gasteiger charge is -2.47. The minimum Gasteiger partial charge on any atom is -0.376 e. The van der Waals surface area contributed by atoms with E-state index in [4.69, 9.17) is 9.47 Å². The molecule has 3 heteroatoms. The number of hydrogen-bond acceptors (Lipinski definition) is 3. The summed E-state index contributed by atoms with van der Waals surface area (Å²) in [6.45, 7) is 9.13. The number of rotatable bonds is 6. The van der Waals surface area contributed by atoms with Crippen molar-refractivity contribution >= 4 is 0 Å². The van der Waals surface area contributed by atoms with E-state index < -0.39 is 0 Å².